The summed E-state index contributed by atoms with van der Waals surface area (Å²) in [6.45, 7) is 3.47. The zero-order chi connectivity index (χ0) is 30.0. The molecular formula is C30H37N3O7S. The lowest BCUT2D eigenvalue weighted by Gasteiger charge is -2.33. The summed E-state index contributed by atoms with van der Waals surface area (Å²) in [4.78, 5) is 28.6. The highest BCUT2D eigenvalue weighted by atomic mass is 32.2. The topological polar surface area (TPSA) is 114 Å². The van der Waals surface area contributed by atoms with Crippen molar-refractivity contribution in [3.63, 3.8) is 0 Å². The molecule has 0 saturated carbocycles. The van der Waals surface area contributed by atoms with Crippen LogP contribution < -0.4 is 23.8 Å². The molecule has 0 aliphatic carbocycles. The first kappa shape index (κ1) is 31.3. The number of benzene rings is 3. The minimum absolute atomic E-state index is 0.0351. The Balaban J connectivity index is 2.10. The molecule has 11 heteroatoms. The van der Waals surface area contributed by atoms with Crippen molar-refractivity contribution in [1.29, 1.82) is 0 Å². The number of rotatable bonds is 14. The summed E-state index contributed by atoms with van der Waals surface area (Å²) in [5.74, 6) is 0.467. The third-order valence-electron chi connectivity index (χ3n) is 6.50. The number of ether oxygens (including phenoxy) is 3. The number of methoxy groups -OCH3 is 3. The number of hydrogen-bond acceptors (Lipinski definition) is 7. The number of carbonyl (C=O) groups is 2. The van der Waals surface area contributed by atoms with Gasteiger partial charge in [0.1, 0.15) is 29.8 Å². The Bertz CT molecular complexity index is 1430. The van der Waals surface area contributed by atoms with Crippen molar-refractivity contribution in [3.8, 4) is 17.2 Å². The fourth-order valence-corrected chi connectivity index (χ4v) is 5.83. The Morgan fingerprint density at radius 3 is 2.15 bits per heavy atom. The number of nitrogens with zero attached hydrogens (tertiary/aromatic N) is 2. The summed E-state index contributed by atoms with van der Waals surface area (Å²) in [5, 5.41) is 2.79. The molecule has 0 saturated heterocycles. The van der Waals surface area contributed by atoms with E-state index in [4.69, 9.17) is 14.2 Å². The maximum atomic E-state index is 14.1. The highest BCUT2D eigenvalue weighted by Gasteiger charge is 2.34. The maximum absolute atomic E-state index is 14.1. The average molecular weight is 584 g/mol. The molecule has 3 aromatic rings. The van der Waals surface area contributed by atoms with E-state index in [1.165, 1.54) is 43.4 Å². The highest BCUT2D eigenvalue weighted by molar-refractivity contribution is 7.92. The Kier molecular flexibility index (Phi) is 11.0. The average Bonchev–Trinajstić information content (AvgIpc) is 2.99. The second-order valence-corrected chi connectivity index (χ2v) is 10.9. The summed E-state index contributed by atoms with van der Waals surface area (Å²) < 4.78 is 45.1. The Morgan fingerprint density at radius 2 is 1.54 bits per heavy atom. The van der Waals surface area contributed by atoms with Crippen molar-refractivity contribution in [2.75, 3.05) is 38.7 Å². The molecule has 0 fully saturated rings. The van der Waals surface area contributed by atoms with Crippen LogP contribution in [0.1, 0.15) is 25.8 Å². The number of amides is 2. The van der Waals surface area contributed by atoms with Crippen molar-refractivity contribution in [3.05, 3.63) is 78.4 Å². The Morgan fingerprint density at radius 1 is 0.854 bits per heavy atom. The predicted octanol–water partition coefficient (Wildman–Crippen LogP) is 3.85. The fraction of sp³-hybridized carbons (Fsp3) is 0.333. The summed E-state index contributed by atoms with van der Waals surface area (Å²) in [7, 11) is 0.197. The molecule has 1 atom stereocenters. The number of anilines is 1. The van der Waals surface area contributed by atoms with Crippen LogP contribution in [0.3, 0.4) is 0 Å². The van der Waals surface area contributed by atoms with Crippen molar-refractivity contribution in [1.82, 2.24) is 10.2 Å². The molecule has 0 aliphatic rings. The molecule has 1 N–H and O–H groups in total. The lowest BCUT2D eigenvalue weighted by molar-refractivity contribution is -0.140. The van der Waals surface area contributed by atoms with E-state index in [0.29, 0.717) is 24.5 Å². The van der Waals surface area contributed by atoms with E-state index in [2.05, 4.69) is 5.32 Å². The van der Waals surface area contributed by atoms with Crippen molar-refractivity contribution >= 4 is 27.5 Å². The third kappa shape index (κ3) is 7.49. The summed E-state index contributed by atoms with van der Waals surface area (Å²) in [6.07, 6.45) is 0.321. The van der Waals surface area contributed by atoms with Crippen LogP contribution in [0, 0.1) is 0 Å². The predicted molar refractivity (Wildman–Crippen MR) is 157 cm³/mol. The van der Waals surface area contributed by atoms with Gasteiger partial charge in [0.25, 0.3) is 10.0 Å². The van der Waals surface area contributed by atoms with Crippen molar-refractivity contribution in [2.45, 2.75) is 37.8 Å². The molecule has 0 aliphatic heterocycles. The summed E-state index contributed by atoms with van der Waals surface area (Å²) in [6, 6.07) is 18.8. The van der Waals surface area contributed by atoms with Gasteiger partial charge in [0.05, 0.1) is 31.9 Å². The van der Waals surface area contributed by atoms with Gasteiger partial charge in [0.2, 0.25) is 11.8 Å². The second-order valence-electron chi connectivity index (χ2n) is 9.05. The lowest BCUT2D eigenvalue weighted by Crippen LogP contribution is -2.52. The van der Waals surface area contributed by atoms with Gasteiger partial charge in [-0.15, -0.1) is 0 Å². The number of para-hydroxylation sites is 2. The van der Waals surface area contributed by atoms with Crippen LogP contribution in [-0.4, -0.2) is 65.6 Å². The van der Waals surface area contributed by atoms with Gasteiger partial charge in [-0.05, 0) is 67.4 Å². The first-order chi connectivity index (χ1) is 19.7. The number of carbonyl (C=O) groups excluding carboxylic acids is 2. The van der Waals surface area contributed by atoms with Crippen molar-refractivity contribution < 1.29 is 32.2 Å². The minimum atomic E-state index is -4.26. The molecule has 2 amide bonds. The molecule has 3 rings (SSSR count). The van der Waals surface area contributed by atoms with E-state index >= 15 is 0 Å². The molecule has 0 spiro atoms. The van der Waals surface area contributed by atoms with Gasteiger partial charge >= 0.3 is 0 Å². The van der Waals surface area contributed by atoms with Crippen LogP contribution in [-0.2, 0) is 26.2 Å². The number of likely N-dealkylation sites (N-methyl/N-ethyl adjacent to an activating group) is 1. The fourth-order valence-electron chi connectivity index (χ4n) is 4.40. The van der Waals surface area contributed by atoms with Crippen molar-refractivity contribution in [2.24, 2.45) is 0 Å². The van der Waals surface area contributed by atoms with Crippen LogP contribution in [0.2, 0.25) is 0 Å². The van der Waals surface area contributed by atoms with Gasteiger partial charge in [-0.3, -0.25) is 13.9 Å². The van der Waals surface area contributed by atoms with Gasteiger partial charge in [0.15, 0.2) is 0 Å². The first-order valence-corrected chi connectivity index (χ1v) is 14.6. The van der Waals surface area contributed by atoms with E-state index in [1.54, 1.807) is 63.4 Å². The van der Waals surface area contributed by atoms with Crippen LogP contribution >= 0.6 is 0 Å². The lowest BCUT2D eigenvalue weighted by atomic mass is 10.1. The quantitative estimate of drug-likeness (QED) is 0.307. The molecule has 0 bridgehead atoms. The maximum Gasteiger partial charge on any atom is 0.264 e. The number of sulfonamides is 1. The van der Waals surface area contributed by atoms with Crippen LogP contribution in [0.25, 0.3) is 0 Å². The van der Waals surface area contributed by atoms with E-state index in [-0.39, 0.29) is 28.8 Å². The summed E-state index contributed by atoms with van der Waals surface area (Å²) >= 11 is 0. The SMILES string of the molecule is CCNC(=O)[C@@H](CC)N(Cc1cccc(OC)c1)C(=O)CN(c1ccccc1OC)S(=O)(=O)c1ccc(OC)cc1. The van der Waals surface area contributed by atoms with Gasteiger partial charge in [-0.25, -0.2) is 8.42 Å². The summed E-state index contributed by atoms with van der Waals surface area (Å²) in [5.41, 5.74) is 0.911. The molecule has 0 radical (unpaired) electrons. The molecule has 220 valence electrons. The van der Waals surface area contributed by atoms with Gasteiger partial charge < -0.3 is 24.4 Å². The van der Waals surface area contributed by atoms with Gasteiger partial charge in [-0.2, -0.15) is 0 Å². The molecule has 10 nitrogen and oxygen atoms in total. The first-order valence-electron chi connectivity index (χ1n) is 13.2. The van der Waals surface area contributed by atoms with E-state index in [1.807, 2.05) is 6.07 Å². The zero-order valence-corrected chi connectivity index (χ0v) is 24.8. The van der Waals surface area contributed by atoms with Crippen LogP contribution in [0.5, 0.6) is 17.2 Å². The normalized spacial score (nSPS) is 11.7. The van der Waals surface area contributed by atoms with Crippen LogP contribution in [0.15, 0.2) is 77.7 Å². The molecule has 3 aromatic carbocycles. The zero-order valence-electron chi connectivity index (χ0n) is 24.0. The molecule has 0 aromatic heterocycles. The van der Waals surface area contributed by atoms with Crippen LogP contribution in [0.4, 0.5) is 5.69 Å². The Hall–Kier alpha value is -4.25. The Labute approximate surface area is 241 Å². The van der Waals surface area contributed by atoms with E-state index in [0.717, 1.165) is 9.87 Å². The molecular weight excluding hydrogens is 546 g/mol. The molecule has 41 heavy (non-hydrogen) atoms. The van der Waals surface area contributed by atoms with Gasteiger partial charge in [0, 0.05) is 13.1 Å². The minimum Gasteiger partial charge on any atom is -0.497 e. The van der Waals surface area contributed by atoms with Gasteiger partial charge in [-0.1, -0.05) is 31.2 Å². The monoisotopic (exact) mass is 583 g/mol. The number of hydrogen-bond donors (Lipinski definition) is 1. The third-order valence-corrected chi connectivity index (χ3v) is 8.28. The largest absolute Gasteiger partial charge is 0.497 e. The van der Waals surface area contributed by atoms with E-state index in [9.17, 15) is 18.0 Å². The number of nitrogens with one attached hydrogen (secondary N) is 1. The standard InChI is InChI=1S/C30H37N3O7S/c1-6-26(30(35)31-7-2)32(20-22-11-10-12-24(19-22)39-4)29(34)21-33(27-13-8-9-14-28(27)40-5)41(36,37)25-17-15-23(38-3)16-18-25/h8-19,26H,6-7,20-21H2,1-5H3,(H,31,35)/t26-/m1/s1. The molecule has 0 heterocycles. The smallest absolute Gasteiger partial charge is 0.264 e. The second kappa shape index (κ2) is 14.4. The van der Waals surface area contributed by atoms with E-state index < -0.39 is 28.5 Å². The highest BCUT2D eigenvalue weighted by Crippen LogP contribution is 2.33. The molecule has 0 unspecified atom stereocenters.